The van der Waals surface area contributed by atoms with Crippen LogP contribution in [-0.2, 0) is 11.2 Å². The van der Waals surface area contributed by atoms with Crippen LogP contribution in [0.25, 0.3) is 0 Å². The van der Waals surface area contributed by atoms with E-state index in [0.29, 0.717) is 6.07 Å². The summed E-state index contributed by atoms with van der Waals surface area (Å²) in [5.41, 5.74) is -1.65. The third-order valence-corrected chi connectivity index (χ3v) is 9.87. The Labute approximate surface area is 308 Å². The number of carbonyl (C=O) groups is 5. The van der Waals surface area contributed by atoms with E-state index in [2.05, 4.69) is 10.6 Å². The lowest BCUT2D eigenvalue weighted by Crippen LogP contribution is -2.56. The summed E-state index contributed by atoms with van der Waals surface area (Å²) in [7, 11) is -1.95. The lowest BCUT2D eigenvalue weighted by Gasteiger charge is -2.36. The molecule has 0 aromatic heterocycles. The maximum Gasteiger partial charge on any atom is 0.547 e. The number of hydrogen-bond acceptors (Lipinski definition) is 10. The standard InChI is InChI=1S/C33H30BClF3N5O11/c35-23-17(13-19(37)26(45)27(23)46)25(29(47)39-21-12-14-4-5-18(36)22(31(49)50)28(14)54-34(21)53)40-32(51)43-11-10-42(33(43)52)15-6-8-41(9-7-15)30(48)16-2-1-3-20(44)24(16)38/h1-5,13,15,21,25,44-46,53H,6-12H2,(H,39,47)(H,40,51)(H,49,50)/t21-,25+/m0/s1. The zero-order valence-corrected chi connectivity index (χ0v) is 28.5. The zero-order valence-electron chi connectivity index (χ0n) is 27.8. The molecule has 3 aliphatic heterocycles. The normalized spacial score (nSPS) is 17.9. The van der Waals surface area contributed by atoms with Crippen LogP contribution < -0.4 is 15.3 Å². The van der Waals surface area contributed by atoms with Crippen molar-refractivity contribution in [3.8, 4) is 23.0 Å². The lowest BCUT2D eigenvalue weighted by atomic mass is 9.72. The molecule has 0 unspecified atom stereocenters. The van der Waals surface area contributed by atoms with Crippen LogP contribution in [0.15, 0.2) is 36.4 Å². The number of imide groups is 1. The molecule has 0 radical (unpaired) electrons. The average Bonchev–Trinajstić information content (AvgIpc) is 3.53. The molecule has 2 fully saturated rings. The second kappa shape index (κ2) is 14.9. The molecule has 2 atom stereocenters. The molecule has 54 heavy (non-hydrogen) atoms. The van der Waals surface area contributed by atoms with E-state index in [1.54, 1.807) is 0 Å². The van der Waals surface area contributed by atoms with E-state index < -0.39 is 112 Å². The van der Waals surface area contributed by atoms with Gasteiger partial charge in [0.05, 0.1) is 16.5 Å². The number of likely N-dealkylation sites (tertiary alicyclic amines) is 1. The predicted octanol–water partition coefficient (Wildman–Crippen LogP) is 2.51. The minimum absolute atomic E-state index is 0.0439. The van der Waals surface area contributed by atoms with Crippen molar-refractivity contribution >= 4 is 48.6 Å². The number of halogens is 4. The van der Waals surface area contributed by atoms with E-state index in [-0.39, 0.29) is 56.6 Å². The van der Waals surface area contributed by atoms with Crippen LogP contribution in [0.5, 0.6) is 23.0 Å². The van der Waals surface area contributed by atoms with Crippen LogP contribution in [0.3, 0.4) is 0 Å². The van der Waals surface area contributed by atoms with Gasteiger partial charge in [0.1, 0.15) is 23.2 Å². The summed E-state index contributed by atoms with van der Waals surface area (Å²) in [6, 6.07) is 1.88. The number of aromatic hydroxyl groups is 3. The first kappa shape index (κ1) is 37.9. The number of hydrogen-bond donors (Lipinski definition) is 7. The quantitative estimate of drug-likeness (QED) is 0.136. The number of phenols is 3. The topological polar surface area (TPSA) is 230 Å². The molecule has 16 nitrogen and oxygen atoms in total. The Morgan fingerprint density at radius 2 is 1.67 bits per heavy atom. The second-order valence-electron chi connectivity index (χ2n) is 12.7. The minimum atomic E-state index is -1.99. The van der Waals surface area contributed by atoms with Gasteiger partial charge in [-0.15, -0.1) is 0 Å². The Balaban J connectivity index is 1.17. The lowest BCUT2D eigenvalue weighted by molar-refractivity contribution is -0.123. The molecule has 3 aromatic carbocycles. The number of phenolic OH excluding ortho intramolecular Hbond substituents is 3. The largest absolute Gasteiger partial charge is 0.547 e. The highest BCUT2D eigenvalue weighted by Crippen LogP contribution is 2.41. The highest BCUT2D eigenvalue weighted by molar-refractivity contribution is 6.47. The van der Waals surface area contributed by atoms with E-state index in [9.17, 15) is 62.6 Å². The number of amides is 6. The van der Waals surface area contributed by atoms with E-state index in [0.717, 1.165) is 17.0 Å². The highest BCUT2D eigenvalue weighted by Gasteiger charge is 2.43. The van der Waals surface area contributed by atoms with Gasteiger partial charge in [-0.2, -0.15) is 0 Å². The number of aromatic carboxylic acids is 1. The minimum Gasteiger partial charge on any atom is -0.534 e. The van der Waals surface area contributed by atoms with Crippen molar-refractivity contribution in [1.29, 1.82) is 0 Å². The van der Waals surface area contributed by atoms with E-state index in [1.165, 1.54) is 28.0 Å². The van der Waals surface area contributed by atoms with Gasteiger partial charge >= 0.3 is 25.1 Å². The van der Waals surface area contributed by atoms with Crippen LogP contribution >= 0.6 is 11.6 Å². The summed E-state index contributed by atoms with van der Waals surface area (Å²) >= 11 is 6.17. The number of nitrogens with zero attached hydrogens (tertiary/aromatic N) is 3. The summed E-state index contributed by atoms with van der Waals surface area (Å²) < 4.78 is 48.5. The van der Waals surface area contributed by atoms with Gasteiger partial charge in [-0.25, -0.2) is 32.5 Å². The van der Waals surface area contributed by atoms with Crippen molar-refractivity contribution in [3.05, 3.63) is 81.1 Å². The molecule has 7 N–H and O–H groups in total. The van der Waals surface area contributed by atoms with Crippen LogP contribution in [0.1, 0.15) is 50.7 Å². The molecule has 0 aliphatic carbocycles. The fourth-order valence-corrected chi connectivity index (χ4v) is 6.91. The first-order valence-corrected chi connectivity index (χ1v) is 16.7. The van der Waals surface area contributed by atoms with Crippen molar-refractivity contribution < 1.29 is 67.2 Å². The summed E-state index contributed by atoms with van der Waals surface area (Å²) in [6.07, 6.45) is 0.213. The smallest absolute Gasteiger partial charge is 0.534 e. The van der Waals surface area contributed by atoms with Gasteiger partial charge in [0.2, 0.25) is 5.91 Å². The Hall–Kier alpha value is -5.89. The van der Waals surface area contributed by atoms with Gasteiger partial charge in [-0.3, -0.25) is 9.59 Å². The number of fused-ring (bicyclic) bond motifs is 1. The monoisotopic (exact) mass is 775 g/mol. The van der Waals surface area contributed by atoms with Gasteiger partial charge in [-0.1, -0.05) is 23.7 Å². The predicted molar refractivity (Wildman–Crippen MR) is 179 cm³/mol. The van der Waals surface area contributed by atoms with E-state index in [1.807, 2.05) is 0 Å². The van der Waals surface area contributed by atoms with Crippen LogP contribution in [0.2, 0.25) is 5.02 Å². The number of piperidine rings is 1. The Morgan fingerprint density at radius 3 is 2.35 bits per heavy atom. The second-order valence-corrected chi connectivity index (χ2v) is 13.1. The van der Waals surface area contributed by atoms with E-state index >= 15 is 0 Å². The third kappa shape index (κ3) is 6.96. The molecule has 6 amide bonds. The Bertz CT molecular complexity index is 2070. The van der Waals surface area contributed by atoms with Crippen LogP contribution in [0.4, 0.5) is 22.8 Å². The first-order chi connectivity index (χ1) is 25.6. The molecule has 6 rings (SSSR count). The number of rotatable bonds is 7. The molecule has 21 heteroatoms. The molecule has 3 aromatic rings. The molecular formula is C33H30BClF3N5O11. The highest BCUT2D eigenvalue weighted by atomic mass is 35.5. The summed E-state index contributed by atoms with van der Waals surface area (Å²) in [5, 5.41) is 53.7. The summed E-state index contributed by atoms with van der Waals surface area (Å²) in [4.78, 5) is 68.9. The molecule has 0 bridgehead atoms. The van der Waals surface area contributed by atoms with Crippen molar-refractivity contribution in [2.45, 2.75) is 37.3 Å². The van der Waals surface area contributed by atoms with Crippen molar-refractivity contribution in [2.24, 2.45) is 0 Å². The van der Waals surface area contributed by atoms with Crippen LogP contribution in [-0.4, -0.2) is 115 Å². The van der Waals surface area contributed by atoms with Crippen molar-refractivity contribution in [1.82, 2.24) is 25.3 Å². The summed E-state index contributed by atoms with van der Waals surface area (Å²) in [5.74, 6) is -12.1. The molecular weight excluding hydrogens is 746 g/mol. The Morgan fingerprint density at radius 1 is 0.963 bits per heavy atom. The number of carboxylic acid groups (broad SMARTS) is 1. The molecule has 3 aliphatic rings. The van der Waals surface area contributed by atoms with Gasteiger partial charge in [0.15, 0.2) is 28.9 Å². The van der Waals surface area contributed by atoms with Crippen molar-refractivity contribution in [3.63, 3.8) is 0 Å². The number of urea groups is 2. The molecule has 0 spiro atoms. The fourth-order valence-electron chi connectivity index (χ4n) is 6.66. The molecule has 2 saturated heterocycles. The van der Waals surface area contributed by atoms with Crippen molar-refractivity contribution in [2.75, 3.05) is 26.2 Å². The average molecular weight is 776 g/mol. The van der Waals surface area contributed by atoms with Gasteiger partial charge in [0, 0.05) is 37.8 Å². The molecule has 0 saturated carbocycles. The SMILES string of the molecule is O=C(O)c1c(F)ccc2c1OB(O)[C@@H](NC(=O)[C@H](NC(=O)N1CCN(C3CCN(C(=O)c4cccc(O)c4F)CC3)C1=O)c1cc(F)c(O)c(O)c1Cl)C2. The van der Waals surface area contributed by atoms with Gasteiger partial charge < -0.3 is 50.5 Å². The first-order valence-electron chi connectivity index (χ1n) is 16.3. The molecule has 3 heterocycles. The number of carboxylic acids is 1. The zero-order chi connectivity index (χ0) is 39.2. The maximum absolute atomic E-state index is 14.7. The number of nitrogens with one attached hydrogen (secondary N) is 2. The summed E-state index contributed by atoms with van der Waals surface area (Å²) in [6.45, 7) is 0.115. The number of carbonyl (C=O) groups excluding carboxylic acids is 4. The third-order valence-electron chi connectivity index (χ3n) is 9.48. The Kier molecular flexibility index (Phi) is 10.4. The van der Waals surface area contributed by atoms with Crippen LogP contribution in [0, 0.1) is 17.5 Å². The van der Waals surface area contributed by atoms with Gasteiger partial charge in [0.25, 0.3) is 5.91 Å². The van der Waals surface area contributed by atoms with Gasteiger partial charge in [-0.05, 0) is 49.1 Å². The molecule has 284 valence electrons. The fraction of sp³-hybridized carbons (Fsp3) is 0.303. The van der Waals surface area contributed by atoms with E-state index in [4.69, 9.17) is 16.3 Å². The number of benzene rings is 3. The maximum atomic E-state index is 14.7.